The van der Waals surface area contributed by atoms with Gasteiger partial charge in [0.15, 0.2) is 0 Å². The third kappa shape index (κ3) is 8.23. The Bertz CT molecular complexity index is 314. The van der Waals surface area contributed by atoms with Gasteiger partial charge in [-0.15, -0.1) is 0 Å². The van der Waals surface area contributed by atoms with Crippen molar-refractivity contribution in [1.29, 1.82) is 0 Å². The van der Waals surface area contributed by atoms with Crippen molar-refractivity contribution in [3.05, 3.63) is 0 Å². The molecule has 0 bridgehead atoms. The zero-order valence-corrected chi connectivity index (χ0v) is 14.0. The number of ketones is 1. The maximum atomic E-state index is 11.8. The van der Waals surface area contributed by atoms with Crippen molar-refractivity contribution in [3.63, 3.8) is 0 Å². The minimum Gasteiger partial charge on any atom is -0.353 e. The molecule has 1 unspecified atom stereocenters. The van der Waals surface area contributed by atoms with Crippen molar-refractivity contribution in [3.8, 4) is 0 Å². The second-order valence-electron chi connectivity index (χ2n) is 6.67. The van der Waals surface area contributed by atoms with E-state index in [-0.39, 0.29) is 18.1 Å². The van der Waals surface area contributed by atoms with E-state index in [1.165, 1.54) is 44.9 Å². The second-order valence-corrected chi connectivity index (χ2v) is 6.67. The van der Waals surface area contributed by atoms with E-state index >= 15 is 0 Å². The number of hydrogen-bond donors (Lipinski definition) is 1. The van der Waals surface area contributed by atoms with Gasteiger partial charge in [-0.3, -0.25) is 9.59 Å². The fourth-order valence-electron chi connectivity index (χ4n) is 3.16. The normalized spacial score (nSPS) is 21.4. The summed E-state index contributed by atoms with van der Waals surface area (Å²) in [6.45, 7) is 4.40. The van der Waals surface area contributed by atoms with Gasteiger partial charge in [0, 0.05) is 12.5 Å². The Labute approximate surface area is 130 Å². The standard InChI is InChI=1S/C18H33NO2/c1-3-4-5-6-7-8-9-12-16(20)14-18(21)19-17-13-10-11-15(17)2/h15,17H,3-14H2,1-2H3,(H,19,21)/t15-,17?/m0/s1. The Morgan fingerprint density at radius 1 is 1.00 bits per heavy atom. The van der Waals surface area contributed by atoms with E-state index in [0.717, 1.165) is 19.3 Å². The van der Waals surface area contributed by atoms with Gasteiger partial charge in [-0.2, -0.15) is 0 Å². The lowest BCUT2D eigenvalue weighted by atomic mass is 10.0. The summed E-state index contributed by atoms with van der Waals surface area (Å²) in [6.07, 6.45) is 12.6. The molecule has 0 radical (unpaired) electrons. The first-order valence-corrected chi connectivity index (χ1v) is 8.94. The molecule has 1 fully saturated rings. The molecule has 1 aliphatic rings. The largest absolute Gasteiger partial charge is 0.353 e. The molecule has 3 heteroatoms. The molecule has 1 N–H and O–H groups in total. The summed E-state index contributed by atoms with van der Waals surface area (Å²) < 4.78 is 0. The van der Waals surface area contributed by atoms with Gasteiger partial charge in [-0.25, -0.2) is 0 Å². The zero-order valence-electron chi connectivity index (χ0n) is 14.0. The van der Waals surface area contributed by atoms with Gasteiger partial charge < -0.3 is 5.32 Å². The van der Waals surface area contributed by atoms with Gasteiger partial charge in [-0.1, -0.05) is 58.8 Å². The highest BCUT2D eigenvalue weighted by Crippen LogP contribution is 2.24. The summed E-state index contributed by atoms with van der Waals surface area (Å²) in [5.74, 6) is 0.598. The maximum absolute atomic E-state index is 11.8. The smallest absolute Gasteiger partial charge is 0.227 e. The Kier molecular flexibility index (Phi) is 9.36. The van der Waals surface area contributed by atoms with Crippen molar-refractivity contribution < 1.29 is 9.59 Å². The lowest BCUT2D eigenvalue weighted by molar-refractivity contribution is -0.128. The van der Waals surface area contributed by atoms with Gasteiger partial charge in [0.2, 0.25) is 5.91 Å². The maximum Gasteiger partial charge on any atom is 0.227 e. The lowest BCUT2D eigenvalue weighted by Gasteiger charge is -2.16. The van der Waals surface area contributed by atoms with Crippen LogP contribution in [0.5, 0.6) is 0 Å². The minimum absolute atomic E-state index is 0.0679. The lowest BCUT2D eigenvalue weighted by Crippen LogP contribution is -2.37. The number of hydrogen-bond acceptors (Lipinski definition) is 2. The number of nitrogens with one attached hydrogen (secondary N) is 1. The molecular weight excluding hydrogens is 262 g/mol. The first-order valence-electron chi connectivity index (χ1n) is 8.94. The third-order valence-electron chi connectivity index (χ3n) is 4.62. The van der Waals surface area contributed by atoms with Crippen LogP contribution in [0, 0.1) is 5.92 Å². The molecule has 0 saturated heterocycles. The average molecular weight is 295 g/mol. The number of rotatable bonds is 11. The molecule has 0 heterocycles. The summed E-state index contributed by atoms with van der Waals surface area (Å²) >= 11 is 0. The number of Topliss-reactive ketones (excluding diaryl/α,β-unsaturated/α-hetero) is 1. The summed E-state index contributed by atoms with van der Waals surface area (Å²) in [4.78, 5) is 23.6. The molecule has 1 saturated carbocycles. The van der Waals surface area contributed by atoms with Crippen LogP contribution in [-0.4, -0.2) is 17.7 Å². The fourth-order valence-corrected chi connectivity index (χ4v) is 3.16. The van der Waals surface area contributed by atoms with Crippen LogP contribution in [0.15, 0.2) is 0 Å². The summed E-state index contributed by atoms with van der Waals surface area (Å²) in [7, 11) is 0. The molecule has 1 amide bonds. The highest BCUT2D eigenvalue weighted by Gasteiger charge is 2.25. The van der Waals surface area contributed by atoms with Crippen molar-refractivity contribution in [2.45, 2.75) is 96.9 Å². The van der Waals surface area contributed by atoms with E-state index in [1.807, 2.05) is 0 Å². The Hall–Kier alpha value is -0.860. The van der Waals surface area contributed by atoms with Crippen LogP contribution in [0.2, 0.25) is 0 Å². The van der Waals surface area contributed by atoms with Crippen LogP contribution in [0.1, 0.15) is 90.9 Å². The molecule has 0 aromatic rings. The molecule has 21 heavy (non-hydrogen) atoms. The molecule has 0 aromatic heterocycles. The topological polar surface area (TPSA) is 46.2 Å². The summed E-state index contributed by atoms with van der Waals surface area (Å²) in [5.41, 5.74) is 0. The molecule has 1 rings (SSSR count). The molecule has 3 nitrogen and oxygen atoms in total. The van der Waals surface area contributed by atoms with E-state index in [9.17, 15) is 9.59 Å². The van der Waals surface area contributed by atoms with Crippen LogP contribution in [0.4, 0.5) is 0 Å². The fraction of sp³-hybridized carbons (Fsp3) is 0.889. The van der Waals surface area contributed by atoms with Crippen LogP contribution in [-0.2, 0) is 9.59 Å². The Morgan fingerprint density at radius 2 is 1.67 bits per heavy atom. The van der Waals surface area contributed by atoms with Gasteiger partial charge in [-0.05, 0) is 25.2 Å². The first-order chi connectivity index (χ1) is 10.1. The Morgan fingerprint density at radius 3 is 2.29 bits per heavy atom. The predicted molar refractivity (Wildman–Crippen MR) is 87.2 cm³/mol. The predicted octanol–water partition coefficient (Wildman–Crippen LogP) is 4.39. The average Bonchev–Trinajstić information content (AvgIpc) is 2.83. The Balaban J connectivity index is 2.01. The van der Waals surface area contributed by atoms with Crippen LogP contribution in [0.3, 0.4) is 0 Å². The monoisotopic (exact) mass is 295 g/mol. The highest BCUT2D eigenvalue weighted by atomic mass is 16.2. The number of unbranched alkanes of at least 4 members (excludes halogenated alkanes) is 6. The van der Waals surface area contributed by atoms with E-state index in [4.69, 9.17) is 0 Å². The van der Waals surface area contributed by atoms with Crippen LogP contribution < -0.4 is 5.32 Å². The zero-order chi connectivity index (χ0) is 15.5. The third-order valence-corrected chi connectivity index (χ3v) is 4.62. The molecular formula is C18H33NO2. The quantitative estimate of drug-likeness (QED) is 0.454. The van der Waals surface area contributed by atoms with Crippen molar-refractivity contribution in [2.75, 3.05) is 0 Å². The number of carbonyl (C=O) groups excluding carboxylic acids is 2. The number of amides is 1. The minimum atomic E-state index is -0.0679. The van der Waals surface area contributed by atoms with Gasteiger partial charge in [0.05, 0.1) is 6.42 Å². The van der Waals surface area contributed by atoms with E-state index in [0.29, 0.717) is 18.4 Å². The SMILES string of the molecule is CCCCCCCCCC(=O)CC(=O)NC1CCC[C@@H]1C. The van der Waals surface area contributed by atoms with Crippen LogP contribution in [0.25, 0.3) is 0 Å². The highest BCUT2D eigenvalue weighted by molar-refractivity contribution is 5.98. The van der Waals surface area contributed by atoms with E-state index < -0.39 is 0 Å². The second kappa shape index (κ2) is 10.8. The van der Waals surface area contributed by atoms with Gasteiger partial charge >= 0.3 is 0 Å². The van der Waals surface area contributed by atoms with Crippen LogP contribution >= 0.6 is 0 Å². The van der Waals surface area contributed by atoms with Gasteiger partial charge in [0.25, 0.3) is 0 Å². The molecule has 0 aliphatic heterocycles. The molecule has 1 aliphatic carbocycles. The molecule has 0 aromatic carbocycles. The molecule has 2 atom stereocenters. The summed E-state index contributed by atoms with van der Waals surface area (Å²) in [5, 5.41) is 3.02. The molecule has 122 valence electrons. The van der Waals surface area contributed by atoms with Crippen molar-refractivity contribution in [2.24, 2.45) is 5.92 Å². The van der Waals surface area contributed by atoms with E-state index in [1.54, 1.807) is 0 Å². The first kappa shape index (κ1) is 18.2. The summed E-state index contributed by atoms with van der Waals surface area (Å²) in [6, 6.07) is 0.295. The van der Waals surface area contributed by atoms with Gasteiger partial charge in [0.1, 0.15) is 5.78 Å². The number of carbonyl (C=O) groups is 2. The molecule has 0 spiro atoms. The van der Waals surface area contributed by atoms with Crippen molar-refractivity contribution >= 4 is 11.7 Å². The van der Waals surface area contributed by atoms with E-state index in [2.05, 4.69) is 19.2 Å². The van der Waals surface area contributed by atoms with Crippen molar-refractivity contribution in [1.82, 2.24) is 5.32 Å².